The summed E-state index contributed by atoms with van der Waals surface area (Å²) < 4.78 is 0. The Hall–Kier alpha value is -1.06. The first kappa shape index (κ1) is 15.9. The largest absolute Gasteiger partial charge is 0.354 e. The van der Waals surface area contributed by atoms with E-state index in [2.05, 4.69) is 17.6 Å². The van der Waals surface area contributed by atoms with Crippen molar-refractivity contribution in [2.45, 2.75) is 19.8 Å². The van der Waals surface area contributed by atoms with Gasteiger partial charge < -0.3 is 10.6 Å². The van der Waals surface area contributed by atoms with Crippen LogP contribution in [0.25, 0.3) is 0 Å². The zero-order chi connectivity index (χ0) is 11.8. The Kier molecular flexibility index (Phi) is 8.46. The third-order valence-electron chi connectivity index (χ3n) is 2.54. The monoisotopic (exact) mass is 256 g/mol. The molecule has 0 aliphatic carbocycles. The Labute approximate surface area is 109 Å². The van der Waals surface area contributed by atoms with Gasteiger partial charge in [-0.1, -0.05) is 37.3 Å². The minimum absolute atomic E-state index is 0. The van der Waals surface area contributed by atoms with E-state index in [0.29, 0.717) is 6.54 Å². The third kappa shape index (κ3) is 5.71. The van der Waals surface area contributed by atoms with E-state index in [1.807, 2.05) is 37.3 Å². The number of likely N-dealkylation sites (N-methyl/N-ethyl adjacent to an activating group) is 1. The Morgan fingerprint density at radius 3 is 2.47 bits per heavy atom. The van der Waals surface area contributed by atoms with E-state index in [9.17, 15) is 4.79 Å². The number of amides is 1. The van der Waals surface area contributed by atoms with Gasteiger partial charge in [-0.2, -0.15) is 0 Å². The van der Waals surface area contributed by atoms with E-state index >= 15 is 0 Å². The molecule has 1 aromatic carbocycles. The van der Waals surface area contributed by atoms with Gasteiger partial charge in [-0.3, -0.25) is 4.79 Å². The van der Waals surface area contributed by atoms with Crippen LogP contribution in [0.3, 0.4) is 0 Å². The number of carbonyl (C=O) groups is 1. The van der Waals surface area contributed by atoms with Gasteiger partial charge in [0.25, 0.3) is 0 Å². The van der Waals surface area contributed by atoms with Crippen molar-refractivity contribution in [1.82, 2.24) is 10.6 Å². The molecule has 0 saturated heterocycles. The van der Waals surface area contributed by atoms with Gasteiger partial charge in [0.05, 0.1) is 5.92 Å². The molecule has 0 bridgehead atoms. The van der Waals surface area contributed by atoms with Crippen molar-refractivity contribution in [3.8, 4) is 0 Å². The fourth-order valence-electron chi connectivity index (χ4n) is 1.50. The van der Waals surface area contributed by atoms with Crippen LogP contribution in [0, 0.1) is 0 Å². The minimum atomic E-state index is -0.0807. The van der Waals surface area contributed by atoms with Crippen LogP contribution in [-0.2, 0) is 4.79 Å². The summed E-state index contributed by atoms with van der Waals surface area (Å²) in [5.74, 6) is 0.00642. The molecule has 3 nitrogen and oxygen atoms in total. The highest BCUT2D eigenvalue weighted by molar-refractivity contribution is 5.85. The van der Waals surface area contributed by atoms with Crippen LogP contribution in [0.2, 0.25) is 0 Å². The third-order valence-corrected chi connectivity index (χ3v) is 2.54. The number of rotatable bonds is 6. The average Bonchev–Trinajstić information content (AvgIpc) is 2.34. The molecule has 1 rings (SSSR count). The fourth-order valence-corrected chi connectivity index (χ4v) is 1.50. The van der Waals surface area contributed by atoms with Crippen LogP contribution in [0.4, 0.5) is 0 Å². The molecule has 0 saturated carbocycles. The standard InChI is InChI=1S/C13H20N2O.ClH/c1-3-14-9-10-15-13(16)11(2)12-7-5-4-6-8-12;/h4-8,11,14H,3,9-10H2,1-2H3,(H,15,16);1H. The first-order valence-electron chi connectivity index (χ1n) is 5.79. The molecular weight excluding hydrogens is 236 g/mol. The number of hydrogen-bond acceptors (Lipinski definition) is 2. The van der Waals surface area contributed by atoms with E-state index in [0.717, 1.165) is 18.7 Å². The number of hydrogen-bond donors (Lipinski definition) is 2. The van der Waals surface area contributed by atoms with E-state index in [-0.39, 0.29) is 24.2 Å². The topological polar surface area (TPSA) is 41.1 Å². The van der Waals surface area contributed by atoms with E-state index < -0.39 is 0 Å². The van der Waals surface area contributed by atoms with Gasteiger partial charge in [-0.25, -0.2) is 0 Å². The van der Waals surface area contributed by atoms with Crippen molar-refractivity contribution in [2.24, 2.45) is 0 Å². The molecule has 2 N–H and O–H groups in total. The zero-order valence-electron chi connectivity index (χ0n) is 10.4. The van der Waals surface area contributed by atoms with Gasteiger partial charge in [0.1, 0.15) is 0 Å². The molecule has 0 heterocycles. The molecule has 1 atom stereocenters. The molecule has 1 amide bonds. The lowest BCUT2D eigenvalue weighted by atomic mass is 10.0. The average molecular weight is 257 g/mol. The Balaban J connectivity index is 0.00000256. The van der Waals surface area contributed by atoms with Crippen molar-refractivity contribution in [1.29, 1.82) is 0 Å². The van der Waals surface area contributed by atoms with E-state index in [4.69, 9.17) is 0 Å². The first-order valence-corrected chi connectivity index (χ1v) is 5.79. The molecule has 0 aliphatic rings. The molecular formula is C13H21ClN2O. The molecule has 17 heavy (non-hydrogen) atoms. The molecule has 0 fully saturated rings. The maximum atomic E-state index is 11.8. The SMILES string of the molecule is CCNCCNC(=O)C(C)c1ccccc1.Cl. The van der Waals surface area contributed by atoms with Gasteiger partial charge in [0.15, 0.2) is 0 Å². The second-order valence-corrected chi connectivity index (χ2v) is 3.78. The van der Waals surface area contributed by atoms with Crippen molar-refractivity contribution >= 4 is 18.3 Å². The van der Waals surface area contributed by atoms with Crippen molar-refractivity contribution in [2.75, 3.05) is 19.6 Å². The maximum Gasteiger partial charge on any atom is 0.227 e. The summed E-state index contributed by atoms with van der Waals surface area (Å²) in [7, 11) is 0. The summed E-state index contributed by atoms with van der Waals surface area (Å²) in [5, 5.41) is 6.08. The van der Waals surface area contributed by atoms with E-state index in [1.165, 1.54) is 0 Å². The lowest BCUT2D eigenvalue weighted by molar-refractivity contribution is -0.122. The highest BCUT2D eigenvalue weighted by Crippen LogP contribution is 2.13. The van der Waals surface area contributed by atoms with Crippen LogP contribution in [0.5, 0.6) is 0 Å². The lowest BCUT2D eigenvalue weighted by Gasteiger charge is -2.12. The second kappa shape index (κ2) is 9.02. The normalized spacial score (nSPS) is 11.4. The fraction of sp³-hybridized carbons (Fsp3) is 0.462. The summed E-state index contributed by atoms with van der Waals surface area (Å²) in [5.41, 5.74) is 1.06. The predicted octanol–water partition coefficient (Wildman–Crippen LogP) is 1.94. The molecule has 0 aromatic heterocycles. The van der Waals surface area contributed by atoms with Crippen LogP contribution in [-0.4, -0.2) is 25.5 Å². The smallest absolute Gasteiger partial charge is 0.227 e. The molecule has 1 aromatic rings. The number of halogens is 1. The quantitative estimate of drug-likeness (QED) is 0.764. The maximum absolute atomic E-state index is 11.8. The Morgan fingerprint density at radius 1 is 1.24 bits per heavy atom. The highest BCUT2D eigenvalue weighted by Gasteiger charge is 2.13. The molecule has 1 unspecified atom stereocenters. The second-order valence-electron chi connectivity index (χ2n) is 3.78. The van der Waals surface area contributed by atoms with Crippen LogP contribution in [0.15, 0.2) is 30.3 Å². The van der Waals surface area contributed by atoms with Crippen LogP contribution in [0.1, 0.15) is 25.3 Å². The number of nitrogens with one attached hydrogen (secondary N) is 2. The Bertz CT molecular complexity index is 316. The van der Waals surface area contributed by atoms with Gasteiger partial charge in [-0.05, 0) is 19.0 Å². The first-order chi connectivity index (χ1) is 7.75. The van der Waals surface area contributed by atoms with Crippen molar-refractivity contribution in [3.05, 3.63) is 35.9 Å². The Morgan fingerprint density at radius 2 is 1.88 bits per heavy atom. The van der Waals surface area contributed by atoms with Crippen molar-refractivity contribution in [3.63, 3.8) is 0 Å². The van der Waals surface area contributed by atoms with E-state index in [1.54, 1.807) is 0 Å². The minimum Gasteiger partial charge on any atom is -0.354 e. The van der Waals surface area contributed by atoms with Gasteiger partial charge in [0.2, 0.25) is 5.91 Å². The van der Waals surface area contributed by atoms with Crippen LogP contribution >= 0.6 is 12.4 Å². The molecule has 0 radical (unpaired) electrons. The molecule has 0 spiro atoms. The van der Waals surface area contributed by atoms with Crippen LogP contribution < -0.4 is 10.6 Å². The molecule has 0 aliphatic heterocycles. The summed E-state index contributed by atoms with van der Waals surface area (Å²) in [6.45, 7) is 6.42. The van der Waals surface area contributed by atoms with Gasteiger partial charge in [0, 0.05) is 13.1 Å². The van der Waals surface area contributed by atoms with Crippen molar-refractivity contribution < 1.29 is 4.79 Å². The highest BCUT2D eigenvalue weighted by atomic mass is 35.5. The van der Waals surface area contributed by atoms with Gasteiger partial charge in [-0.15, -0.1) is 12.4 Å². The summed E-state index contributed by atoms with van der Waals surface area (Å²) in [4.78, 5) is 11.8. The summed E-state index contributed by atoms with van der Waals surface area (Å²) >= 11 is 0. The van der Waals surface area contributed by atoms with Gasteiger partial charge >= 0.3 is 0 Å². The summed E-state index contributed by atoms with van der Waals surface area (Å²) in [6, 6.07) is 9.83. The zero-order valence-corrected chi connectivity index (χ0v) is 11.2. The molecule has 4 heteroatoms. The number of benzene rings is 1. The lowest BCUT2D eigenvalue weighted by Crippen LogP contribution is -2.34. The number of carbonyl (C=O) groups excluding carboxylic acids is 1. The molecule has 96 valence electrons. The predicted molar refractivity (Wildman–Crippen MR) is 73.7 cm³/mol. The summed E-state index contributed by atoms with van der Waals surface area (Å²) in [6.07, 6.45) is 0.